The highest BCUT2D eigenvalue weighted by Crippen LogP contribution is 2.22. The molecule has 2 amide bonds. The van der Waals surface area contributed by atoms with Crippen LogP contribution in [-0.2, 0) is 4.79 Å². The predicted octanol–water partition coefficient (Wildman–Crippen LogP) is 3.64. The van der Waals surface area contributed by atoms with Crippen LogP contribution in [0.2, 0.25) is 0 Å². The van der Waals surface area contributed by atoms with Gasteiger partial charge in [-0.25, -0.2) is 0 Å². The van der Waals surface area contributed by atoms with E-state index in [9.17, 15) is 9.59 Å². The van der Waals surface area contributed by atoms with Crippen molar-refractivity contribution in [2.75, 3.05) is 39.3 Å². The number of carbonyl (C=O) groups excluding carboxylic acids is 2. The maximum absolute atomic E-state index is 12.9. The molecule has 3 rings (SSSR count). The molecule has 2 aliphatic heterocycles. The molecular weight excluding hydrogens is 374 g/mol. The Morgan fingerprint density at radius 3 is 2.37 bits per heavy atom. The van der Waals surface area contributed by atoms with Crippen molar-refractivity contribution in [1.82, 2.24) is 15.1 Å². The van der Waals surface area contributed by atoms with Gasteiger partial charge in [0.15, 0.2) is 0 Å². The fraction of sp³-hybridized carbons (Fsp3) is 0.680. The van der Waals surface area contributed by atoms with Crippen LogP contribution in [0, 0.1) is 31.6 Å². The Bertz CT molecular complexity index is 718. The fourth-order valence-electron chi connectivity index (χ4n) is 5.29. The third-order valence-corrected chi connectivity index (χ3v) is 6.44. The van der Waals surface area contributed by atoms with Crippen LogP contribution in [0.3, 0.4) is 0 Å². The Balaban J connectivity index is 1.44. The smallest absolute Gasteiger partial charge is 0.253 e. The average Bonchev–Trinajstić information content (AvgIpc) is 2.69. The van der Waals surface area contributed by atoms with E-state index in [4.69, 9.17) is 0 Å². The summed E-state index contributed by atoms with van der Waals surface area (Å²) in [7, 11) is 0. The van der Waals surface area contributed by atoms with Gasteiger partial charge in [-0.1, -0.05) is 31.0 Å². The second kappa shape index (κ2) is 10.4. The molecule has 5 nitrogen and oxygen atoms in total. The van der Waals surface area contributed by atoms with E-state index in [0.29, 0.717) is 6.54 Å². The summed E-state index contributed by atoms with van der Waals surface area (Å²) in [5.74, 6) is 1.60. The molecule has 1 aromatic carbocycles. The van der Waals surface area contributed by atoms with Crippen molar-refractivity contribution in [3.8, 4) is 0 Å². The van der Waals surface area contributed by atoms with E-state index in [1.165, 1.54) is 19.5 Å². The van der Waals surface area contributed by atoms with Gasteiger partial charge < -0.3 is 15.1 Å². The molecule has 3 atom stereocenters. The largest absolute Gasteiger partial charge is 0.356 e. The Kier molecular flexibility index (Phi) is 7.93. The lowest BCUT2D eigenvalue weighted by Gasteiger charge is -2.35. The van der Waals surface area contributed by atoms with E-state index in [-0.39, 0.29) is 17.7 Å². The van der Waals surface area contributed by atoms with E-state index < -0.39 is 0 Å². The topological polar surface area (TPSA) is 52.7 Å². The normalized spacial score (nSPS) is 25.2. The van der Waals surface area contributed by atoms with E-state index in [2.05, 4.69) is 30.1 Å². The van der Waals surface area contributed by atoms with Crippen molar-refractivity contribution >= 4 is 11.8 Å². The van der Waals surface area contributed by atoms with Crippen molar-refractivity contribution in [2.24, 2.45) is 17.8 Å². The summed E-state index contributed by atoms with van der Waals surface area (Å²) in [6.07, 6.45) is 4.07. The fourth-order valence-corrected chi connectivity index (χ4v) is 5.29. The highest BCUT2D eigenvalue weighted by Gasteiger charge is 2.29. The van der Waals surface area contributed by atoms with Gasteiger partial charge >= 0.3 is 0 Å². The first-order chi connectivity index (χ1) is 14.3. The summed E-state index contributed by atoms with van der Waals surface area (Å²) in [5.41, 5.74) is 2.93. The molecule has 5 heteroatoms. The number of rotatable bonds is 6. The maximum atomic E-state index is 12.9. The molecule has 2 saturated heterocycles. The molecule has 2 fully saturated rings. The van der Waals surface area contributed by atoms with Crippen molar-refractivity contribution in [2.45, 2.75) is 53.4 Å². The van der Waals surface area contributed by atoms with Crippen molar-refractivity contribution < 1.29 is 9.59 Å². The van der Waals surface area contributed by atoms with Crippen LogP contribution >= 0.6 is 0 Å². The molecule has 0 saturated carbocycles. The zero-order valence-corrected chi connectivity index (χ0v) is 19.2. The molecule has 30 heavy (non-hydrogen) atoms. The van der Waals surface area contributed by atoms with Crippen LogP contribution in [-0.4, -0.2) is 60.9 Å². The molecule has 2 aliphatic rings. The van der Waals surface area contributed by atoms with Gasteiger partial charge in [-0.3, -0.25) is 9.59 Å². The lowest BCUT2D eigenvalue weighted by atomic mass is 9.92. The van der Waals surface area contributed by atoms with Crippen molar-refractivity contribution in [3.05, 3.63) is 34.9 Å². The number of hydrogen-bond donors (Lipinski definition) is 1. The second-order valence-electron chi connectivity index (χ2n) is 9.82. The number of carbonyl (C=O) groups is 2. The van der Waals surface area contributed by atoms with Crippen LogP contribution in [0.15, 0.2) is 18.2 Å². The second-order valence-corrected chi connectivity index (χ2v) is 9.82. The van der Waals surface area contributed by atoms with E-state index in [0.717, 1.165) is 67.4 Å². The third kappa shape index (κ3) is 6.31. The lowest BCUT2D eigenvalue weighted by Crippen LogP contribution is -2.46. The Morgan fingerprint density at radius 2 is 1.70 bits per heavy atom. The molecule has 0 radical (unpaired) electrons. The molecule has 1 N–H and O–H groups in total. The van der Waals surface area contributed by atoms with Crippen LogP contribution < -0.4 is 5.32 Å². The highest BCUT2D eigenvalue weighted by atomic mass is 16.2. The number of hydrogen-bond acceptors (Lipinski definition) is 3. The Morgan fingerprint density at radius 1 is 1.03 bits per heavy atom. The summed E-state index contributed by atoms with van der Waals surface area (Å²) >= 11 is 0. The van der Waals surface area contributed by atoms with Gasteiger partial charge in [-0.15, -0.1) is 0 Å². The molecule has 166 valence electrons. The van der Waals surface area contributed by atoms with Gasteiger partial charge in [0.05, 0.1) is 5.92 Å². The van der Waals surface area contributed by atoms with Crippen molar-refractivity contribution in [1.29, 1.82) is 0 Å². The average molecular weight is 414 g/mol. The first-order valence-corrected chi connectivity index (χ1v) is 11.7. The van der Waals surface area contributed by atoms with Gasteiger partial charge in [0.25, 0.3) is 5.91 Å². The minimum absolute atomic E-state index is 0.0487. The number of piperidine rings is 2. The van der Waals surface area contributed by atoms with E-state index >= 15 is 0 Å². The van der Waals surface area contributed by atoms with Gasteiger partial charge in [-0.2, -0.15) is 0 Å². The molecule has 0 bridgehead atoms. The number of nitrogens with one attached hydrogen (secondary N) is 1. The summed E-state index contributed by atoms with van der Waals surface area (Å²) < 4.78 is 0. The lowest BCUT2D eigenvalue weighted by molar-refractivity contribution is -0.126. The molecule has 2 heterocycles. The molecule has 1 aromatic rings. The monoisotopic (exact) mass is 413 g/mol. The van der Waals surface area contributed by atoms with E-state index in [1.54, 1.807) is 0 Å². The van der Waals surface area contributed by atoms with E-state index in [1.807, 2.05) is 30.9 Å². The summed E-state index contributed by atoms with van der Waals surface area (Å²) in [6.45, 7) is 14.1. The zero-order valence-electron chi connectivity index (χ0n) is 19.2. The highest BCUT2D eigenvalue weighted by molar-refractivity contribution is 5.95. The first-order valence-electron chi connectivity index (χ1n) is 11.7. The third-order valence-electron chi connectivity index (χ3n) is 6.44. The zero-order chi connectivity index (χ0) is 21.7. The Labute approximate surface area is 182 Å². The van der Waals surface area contributed by atoms with Gasteiger partial charge in [-0.05, 0) is 70.0 Å². The number of amides is 2. The molecule has 0 spiro atoms. The van der Waals surface area contributed by atoms with Gasteiger partial charge in [0.1, 0.15) is 0 Å². The van der Waals surface area contributed by atoms with Crippen LogP contribution in [0.4, 0.5) is 0 Å². The van der Waals surface area contributed by atoms with Gasteiger partial charge in [0.2, 0.25) is 5.91 Å². The SMILES string of the molecule is Cc1cc(C)cc(C(=O)N2CCCC(C(=O)NCCCN3CC(C)CC(C)C3)C2)c1. The summed E-state index contributed by atoms with van der Waals surface area (Å²) in [6, 6.07) is 5.97. The number of likely N-dealkylation sites (tertiary alicyclic amines) is 2. The standard InChI is InChI=1S/C25H39N3O2/c1-18-11-19(2)14-23(13-18)25(30)28-10-5-7-22(17-28)24(29)26-8-6-9-27-15-20(3)12-21(4)16-27/h11,13-14,20-22H,5-10,12,15-17H2,1-4H3,(H,26,29). The molecule has 0 aromatic heterocycles. The molecule has 0 aliphatic carbocycles. The Hall–Kier alpha value is -1.88. The van der Waals surface area contributed by atoms with Crippen LogP contribution in [0.5, 0.6) is 0 Å². The number of nitrogens with zero attached hydrogens (tertiary/aromatic N) is 2. The quantitative estimate of drug-likeness (QED) is 0.725. The minimum Gasteiger partial charge on any atom is -0.356 e. The number of aryl methyl sites for hydroxylation is 2. The van der Waals surface area contributed by atoms with Crippen LogP contribution in [0.25, 0.3) is 0 Å². The molecular formula is C25H39N3O2. The minimum atomic E-state index is -0.0939. The number of benzene rings is 1. The van der Waals surface area contributed by atoms with Gasteiger partial charge in [0, 0.05) is 38.3 Å². The summed E-state index contributed by atoms with van der Waals surface area (Å²) in [5, 5.41) is 3.13. The molecule has 3 unspecified atom stereocenters. The first kappa shape index (κ1) is 22.8. The predicted molar refractivity (Wildman–Crippen MR) is 122 cm³/mol. The maximum Gasteiger partial charge on any atom is 0.253 e. The van der Waals surface area contributed by atoms with Crippen molar-refractivity contribution in [3.63, 3.8) is 0 Å². The summed E-state index contributed by atoms with van der Waals surface area (Å²) in [4.78, 5) is 30.1. The van der Waals surface area contributed by atoms with Crippen LogP contribution in [0.1, 0.15) is 61.0 Å².